The van der Waals surface area contributed by atoms with Crippen LogP contribution in [0, 0.1) is 46.3 Å². The van der Waals surface area contributed by atoms with Crippen molar-refractivity contribution in [2.45, 2.75) is 118 Å². The van der Waals surface area contributed by atoms with Gasteiger partial charge in [-0.05, 0) is 97.7 Å². The van der Waals surface area contributed by atoms with Crippen molar-refractivity contribution in [1.82, 2.24) is 5.32 Å². The van der Waals surface area contributed by atoms with Crippen molar-refractivity contribution in [2.24, 2.45) is 46.3 Å². The average Bonchev–Trinajstić information content (AvgIpc) is 3.38. The Morgan fingerprint density at radius 1 is 0.915 bits per heavy atom. The molecule has 0 spiro atoms. The maximum Gasteiger partial charge on any atom is 0.694 e. The summed E-state index contributed by atoms with van der Waals surface area (Å²) in [6.45, 7) is 15.6. The van der Waals surface area contributed by atoms with Gasteiger partial charge in [0.05, 0.1) is 33.0 Å². The number of allylic oxidation sites excluding steroid dienone is 1. The second-order valence-corrected chi connectivity index (χ2v) is 16.5. The predicted molar refractivity (Wildman–Crippen MR) is 184 cm³/mol. The zero-order chi connectivity index (χ0) is 33.9. The molecule has 0 heterocycles. The predicted octanol–water partition coefficient (Wildman–Crippen LogP) is 8.23. The molecule has 4 rings (SSSR count). The van der Waals surface area contributed by atoms with Crippen LogP contribution in [0.5, 0.6) is 0 Å². The molecule has 0 aromatic rings. The number of nitrogens with one attached hydrogen (secondary N) is 1. The molecule has 9 atom stereocenters. The smallest absolute Gasteiger partial charge is 0.446 e. The second kappa shape index (κ2) is 18.8. The van der Waals surface area contributed by atoms with Crippen LogP contribution in [-0.4, -0.2) is 69.9 Å². The third-order valence-electron chi connectivity index (χ3n) is 12.4. The van der Waals surface area contributed by atoms with E-state index in [-0.39, 0.29) is 30.8 Å². The number of hydrogen-bond acceptors (Lipinski definition) is 7. The molecule has 10 heteroatoms. The average molecular weight is 683 g/mol. The normalized spacial score (nSPS) is 32.6. The molecule has 0 aliphatic heterocycles. The van der Waals surface area contributed by atoms with E-state index in [9.17, 15) is 9.36 Å². The zero-order valence-electron chi connectivity index (χ0n) is 30.0. The van der Waals surface area contributed by atoms with Gasteiger partial charge in [-0.1, -0.05) is 65.5 Å². The largest absolute Gasteiger partial charge is 0.694 e. The lowest BCUT2D eigenvalue weighted by atomic mass is 9.47. The van der Waals surface area contributed by atoms with Crippen molar-refractivity contribution < 1.29 is 37.7 Å². The molecule has 270 valence electrons. The van der Waals surface area contributed by atoms with Gasteiger partial charge in [0.2, 0.25) is 0 Å². The summed E-state index contributed by atoms with van der Waals surface area (Å²) in [7, 11) is -2.57. The fourth-order valence-electron chi connectivity index (χ4n) is 10.0. The highest BCUT2D eigenvalue weighted by molar-refractivity contribution is 7.32. The van der Waals surface area contributed by atoms with Gasteiger partial charge in [0.25, 0.3) is 0 Å². The molecule has 0 aromatic carbocycles. The second-order valence-electron chi connectivity index (χ2n) is 15.7. The quantitative estimate of drug-likeness (QED) is 0.0751. The molecule has 0 bridgehead atoms. The summed E-state index contributed by atoms with van der Waals surface area (Å²) in [6, 6.07) is 0. The molecule has 4 aliphatic rings. The van der Waals surface area contributed by atoms with Crippen LogP contribution in [0.15, 0.2) is 11.6 Å². The fourth-order valence-corrected chi connectivity index (χ4v) is 10.3. The third-order valence-corrected chi connectivity index (χ3v) is 12.8. The molecule has 47 heavy (non-hydrogen) atoms. The Morgan fingerprint density at radius 3 is 2.32 bits per heavy atom. The van der Waals surface area contributed by atoms with Crippen molar-refractivity contribution in [2.75, 3.05) is 52.8 Å². The van der Waals surface area contributed by atoms with Gasteiger partial charge in [0.1, 0.15) is 12.7 Å². The molecule has 4 unspecified atom stereocenters. The summed E-state index contributed by atoms with van der Waals surface area (Å²) in [5.74, 6) is 5.00. The Hall–Kier alpha value is -1.09. The standard InChI is InChI=1S/C37H64NO8P/c1-27(2)8-6-9-28(3)32-12-13-33-31-11-10-29-26-30(14-16-36(29,4)34(31)15-17-37(32,33)5)46-35(39)38-18-7-19-42-20-21-43-22-23-44-24-25-45-47(40)41/h10,27-28,30-34H,6-9,11-26H2,1-5H3,(H-,38,39,40,41)/p+1/t28-,30+,31?,32-,33?,34?,36+,37-/m1/s1. The first-order valence-electron chi connectivity index (χ1n) is 18.7. The number of hydrogen-bond donors (Lipinski definition) is 2. The Balaban J connectivity index is 1.11. The molecule has 3 saturated carbocycles. The minimum atomic E-state index is -2.57. The van der Waals surface area contributed by atoms with Crippen molar-refractivity contribution in [1.29, 1.82) is 0 Å². The lowest BCUT2D eigenvalue weighted by molar-refractivity contribution is -0.0581. The van der Waals surface area contributed by atoms with Gasteiger partial charge < -0.3 is 24.3 Å². The van der Waals surface area contributed by atoms with E-state index in [2.05, 4.69) is 50.5 Å². The Labute approximate surface area is 285 Å². The Kier molecular flexibility index (Phi) is 15.5. The molecule has 2 N–H and O–H groups in total. The third kappa shape index (κ3) is 10.7. The summed E-state index contributed by atoms with van der Waals surface area (Å²) in [6.07, 6.45) is 16.9. The minimum absolute atomic E-state index is 0.0358. The Bertz CT molecular complexity index is 1020. The lowest BCUT2D eigenvalue weighted by Crippen LogP contribution is -2.51. The van der Waals surface area contributed by atoms with E-state index in [0.29, 0.717) is 51.4 Å². The van der Waals surface area contributed by atoms with Crippen LogP contribution in [0.1, 0.15) is 112 Å². The van der Waals surface area contributed by atoms with Crippen molar-refractivity contribution in [3.63, 3.8) is 0 Å². The van der Waals surface area contributed by atoms with Gasteiger partial charge >= 0.3 is 14.3 Å². The van der Waals surface area contributed by atoms with Crippen LogP contribution in [-0.2, 0) is 28.0 Å². The molecular formula is C37H65NO8P+. The molecule has 3 fully saturated rings. The van der Waals surface area contributed by atoms with E-state index in [4.69, 9.17) is 23.8 Å². The fraction of sp³-hybridized carbons (Fsp3) is 0.919. The summed E-state index contributed by atoms with van der Waals surface area (Å²) in [5.41, 5.74) is 2.32. The number of alkyl carbamates (subject to hydrolysis) is 1. The van der Waals surface area contributed by atoms with E-state index in [1.807, 2.05) is 0 Å². The minimum Gasteiger partial charge on any atom is -0.446 e. The van der Waals surface area contributed by atoms with E-state index < -0.39 is 8.25 Å². The van der Waals surface area contributed by atoms with Gasteiger partial charge in [-0.3, -0.25) is 0 Å². The zero-order valence-corrected chi connectivity index (χ0v) is 30.9. The first-order valence-corrected chi connectivity index (χ1v) is 19.8. The number of carbonyl (C=O) groups is 1. The van der Waals surface area contributed by atoms with Crippen LogP contribution < -0.4 is 5.32 Å². The molecule has 0 saturated heterocycles. The monoisotopic (exact) mass is 682 g/mol. The SMILES string of the molecule is CC(C)CCC[C@@H](C)[C@H]1CCC2C3CC=C4C[C@@H](OC(=O)NCCCOCCOCCOCCO[P+](=O)O)CC[C@]4(C)C3CC[C@@]21C. The Morgan fingerprint density at radius 2 is 1.62 bits per heavy atom. The van der Waals surface area contributed by atoms with E-state index >= 15 is 0 Å². The molecule has 9 nitrogen and oxygen atoms in total. The first-order chi connectivity index (χ1) is 22.5. The van der Waals surface area contributed by atoms with Gasteiger partial charge in [0.15, 0.2) is 0 Å². The van der Waals surface area contributed by atoms with Crippen molar-refractivity contribution in [3.8, 4) is 0 Å². The number of fused-ring (bicyclic) bond motifs is 5. The van der Waals surface area contributed by atoms with Crippen LogP contribution in [0.2, 0.25) is 0 Å². The number of amides is 1. The summed E-state index contributed by atoms with van der Waals surface area (Å²) in [4.78, 5) is 21.1. The molecule has 1 amide bonds. The van der Waals surface area contributed by atoms with E-state index in [1.54, 1.807) is 5.57 Å². The number of ether oxygens (including phenoxy) is 4. The molecular weight excluding hydrogens is 617 g/mol. The lowest BCUT2D eigenvalue weighted by Gasteiger charge is -2.58. The molecule has 0 radical (unpaired) electrons. The number of carbonyl (C=O) groups excluding carboxylic acids is 1. The van der Waals surface area contributed by atoms with Gasteiger partial charge in [0, 0.05) is 24.1 Å². The first kappa shape index (κ1) is 38.7. The van der Waals surface area contributed by atoms with Gasteiger partial charge in [-0.15, -0.1) is 9.42 Å². The highest BCUT2D eigenvalue weighted by Gasteiger charge is 2.59. The van der Waals surface area contributed by atoms with Crippen molar-refractivity contribution in [3.05, 3.63) is 11.6 Å². The van der Waals surface area contributed by atoms with E-state index in [0.717, 1.165) is 54.8 Å². The van der Waals surface area contributed by atoms with Gasteiger partial charge in [-0.2, -0.15) is 0 Å². The molecule has 0 aromatic heterocycles. The molecule has 4 aliphatic carbocycles. The van der Waals surface area contributed by atoms with E-state index in [1.165, 1.54) is 51.4 Å². The maximum absolute atomic E-state index is 12.6. The van der Waals surface area contributed by atoms with Crippen molar-refractivity contribution >= 4 is 14.3 Å². The van der Waals surface area contributed by atoms with Crippen LogP contribution in [0.4, 0.5) is 4.79 Å². The summed E-state index contributed by atoms with van der Waals surface area (Å²) in [5, 5.41) is 2.91. The maximum atomic E-state index is 12.6. The van der Waals surface area contributed by atoms with Crippen LogP contribution in [0.25, 0.3) is 0 Å². The van der Waals surface area contributed by atoms with Gasteiger partial charge in [-0.25, -0.2) is 4.79 Å². The van der Waals surface area contributed by atoms with Crippen LogP contribution in [0.3, 0.4) is 0 Å². The van der Waals surface area contributed by atoms with Crippen LogP contribution >= 0.6 is 8.25 Å². The number of rotatable bonds is 20. The highest BCUT2D eigenvalue weighted by Crippen LogP contribution is 2.67. The summed E-state index contributed by atoms with van der Waals surface area (Å²) >= 11 is 0. The topological polar surface area (TPSA) is 113 Å². The highest BCUT2D eigenvalue weighted by atomic mass is 31.1. The summed E-state index contributed by atoms with van der Waals surface area (Å²) < 4.78 is 37.0.